The van der Waals surface area contributed by atoms with Crippen LogP contribution in [0.4, 0.5) is 11.4 Å². The standard InChI is InChI=1S/C19H18N2O7S2/c1-3-12-10-18(30(26,27)28)11(2)8-16(12)20-21-19-15-6-5-14(29(23,24)25)9-13(15)4-7-17(19)22/h4-10,22H,3H2,1-2H3,(H,23,24,25)(H,26,27,28). The maximum Gasteiger partial charge on any atom is 0.294 e. The van der Waals surface area contributed by atoms with Crippen LogP contribution in [-0.2, 0) is 26.7 Å². The first-order chi connectivity index (χ1) is 13.9. The predicted octanol–water partition coefficient (Wildman–Crippen LogP) is 4.33. The van der Waals surface area contributed by atoms with E-state index >= 15 is 0 Å². The SMILES string of the molecule is CCc1cc(S(=O)(=O)O)c(C)cc1N=Nc1c(O)ccc2cc(S(=O)(=O)O)ccc12. The molecule has 0 heterocycles. The number of hydrogen-bond donors (Lipinski definition) is 3. The molecule has 0 fully saturated rings. The van der Waals surface area contributed by atoms with E-state index in [0.717, 1.165) is 0 Å². The van der Waals surface area contributed by atoms with E-state index in [1.807, 2.05) is 0 Å². The van der Waals surface area contributed by atoms with E-state index in [0.29, 0.717) is 28.4 Å². The van der Waals surface area contributed by atoms with Crippen LogP contribution < -0.4 is 0 Å². The Morgan fingerprint density at radius 2 is 1.60 bits per heavy atom. The molecule has 0 amide bonds. The molecule has 0 unspecified atom stereocenters. The Bertz CT molecular complexity index is 1400. The molecule has 0 saturated carbocycles. The molecule has 0 saturated heterocycles. The minimum absolute atomic E-state index is 0.0768. The van der Waals surface area contributed by atoms with Gasteiger partial charge in [0.15, 0.2) is 0 Å². The lowest BCUT2D eigenvalue weighted by molar-refractivity contribution is 0.477. The average molecular weight is 450 g/mol. The van der Waals surface area contributed by atoms with Crippen molar-refractivity contribution >= 4 is 42.4 Å². The van der Waals surface area contributed by atoms with Crippen molar-refractivity contribution in [2.75, 3.05) is 0 Å². The molecular weight excluding hydrogens is 432 g/mol. The minimum atomic E-state index is -4.39. The van der Waals surface area contributed by atoms with Crippen LogP contribution in [0.15, 0.2) is 62.5 Å². The van der Waals surface area contributed by atoms with Gasteiger partial charge in [-0.2, -0.15) is 21.9 Å². The van der Waals surface area contributed by atoms with Gasteiger partial charge in [-0.1, -0.05) is 19.1 Å². The molecule has 3 aromatic rings. The van der Waals surface area contributed by atoms with E-state index in [-0.39, 0.29) is 26.8 Å². The first-order valence-corrected chi connectivity index (χ1v) is 11.6. The molecule has 0 aliphatic rings. The highest BCUT2D eigenvalue weighted by atomic mass is 32.2. The molecule has 3 rings (SSSR count). The third kappa shape index (κ3) is 4.33. The van der Waals surface area contributed by atoms with Crippen molar-refractivity contribution in [3.63, 3.8) is 0 Å². The number of hydrogen-bond acceptors (Lipinski definition) is 7. The van der Waals surface area contributed by atoms with Crippen molar-refractivity contribution in [2.45, 2.75) is 30.1 Å². The largest absolute Gasteiger partial charge is 0.506 e. The fourth-order valence-corrected chi connectivity index (χ4v) is 4.29. The molecule has 30 heavy (non-hydrogen) atoms. The maximum atomic E-state index is 11.5. The first-order valence-electron chi connectivity index (χ1n) is 8.67. The summed E-state index contributed by atoms with van der Waals surface area (Å²) in [7, 11) is -8.77. The van der Waals surface area contributed by atoms with Gasteiger partial charge in [0.1, 0.15) is 11.4 Å². The van der Waals surface area contributed by atoms with Gasteiger partial charge in [0.25, 0.3) is 20.2 Å². The quantitative estimate of drug-likeness (QED) is 0.386. The van der Waals surface area contributed by atoms with Crippen LogP contribution in [0, 0.1) is 6.92 Å². The second-order valence-electron chi connectivity index (χ2n) is 6.57. The minimum Gasteiger partial charge on any atom is -0.506 e. The number of rotatable bonds is 5. The number of fused-ring (bicyclic) bond motifs is 1. The van der Waals surface area contributed by atoms with Crippen molar-refractivity contribution in [2.24, 2.45) is 10.2 Å². The molecule has 0 atom stereocenters. The molecule has 0 bridgehead atoms. The molecule has 0 aromatic heterocycles. The lowest BCUT2D eigenvalue weighted by atomic mass is 10.1. The molecular formula is C19H18N2O7S2. The van der Waals surface area contributed by atoms with E-state index < -0.39 is 20.2 Å². The summed E-state index contributed by atoms with van der Waals surface area (Å²) in [5, 5.41) is 19.2. The Morgan fingerprint density at radius 3 is 2.20 bits per heavy atom. The Kier molecular flexibility index (Phi) is 5.65. The Hall–Kier alpha value is -2.86. The van der Waals surface area contributed by atoms with Gasteiger partial charge in [-0.15, -0.1) is 5.11 Å². The van der Waals surface area contributed by atoms with Crippen molar-refractivity contribution in [3.05, 3.63) is 53.6 Å². The van der Waals surface area contributed by atoms with E-state index in [4.69, 9.17) is 0 Å². The van der Waals surface area contributed by atoms with Gasteiger partial charge < -0.3 is 5.11 Å². The fourth-order valence-electron chi connectivity index (χ4n) is 3.02. The van der Waals surface area contributed by atoms with Gasteiger partial charge in [-0.05, 0) is 60.2 Å². The van der Waals surface area contributed by atoms with Crippen molar-refractivity contribution in [1.82, 2.24) is 0 Å². The zero-order valence-electron chi connectivity index (χ0n) is 15.9. The molecule has 3 N–H and O–H groups in total. The number of aromatic hydroxyl groups is 1. The summed E-state index contributed by atoms with van der Waals surface area (Å²) in [5.74, 6) is -0.199. The number of phenolic OH excluding ortho intramolecular Hbond substituents is 1. The monoisotopic (exact) mass is 450 g/mol. The van der Waals surface area contributed by atoms with Crippen LogP contribution in [0.5, 0.6) is 5.75 Å². The Labute approximate surface area is 173 Å². The Balaban J connectivity index is 2.14. The van der Waals surface area contributed by atoms with Gasteiger partial charge in [-0.25, -0.2) is 0 Å². The molecule has 0 spiro atoms. The van der Waals surface area contributed by atoms with Crippen molar-refractivity contribution < 1.29 is 31.0 Å². The maximum absolute atomic E-state index is 11.5. The zero-order valence-corrected chi connectivity index (χ0v) is 17.6. The van der Waals surface area contributed by atoms with Gasteiger partial charge in [0, 0.05) is 5.39 Å². The van der Waals surface area contributed by atoms with Gasteiger partial charge >= 0.3 is 0 Å². The Morgan fingerprint density at radius 1 is 0.900 bits per heavy atom. The lowest BCUT2D eigenvalue weighted by Gasteiger charge is -2.09. The summed E-state index contributed by atoms with van der Waals surface area (Å²) in [4.78, 5) is -0.516. The molecule has 9 nitrogen and oxygen atoms in total. The number of benzene rings is 3. The summed E-state index contributed by atoms with van der Waals surface area (Å²) in [5.41, 5.74) is 1.23. The summed E-state index contributed by atoms with van der Waals surface area (Å²) >= 11 is 0. The highest BCUT2D eigenvalue weighted by Gasteiger charge is 2.17. The molecule has 11 heteroatoms. The van der Waals surface area contributed by atoms with Crippen molar-refractivity contribution in [1.29, 1.82) is 0 Å². The van der Waals surface area contributed by atoms with E-state index in [1.165, 1.54) is 49.4 Å². The van der Waals surface area contributed by atoms with E-state index in [1.54, 1.807) is 6.92 Å². The van der Waals surface area contributed by atoms with Crippen LogP contribution in [0.2, 0.25) is 0 Å². The molecule has 158 valence electrons. The normalized spacial score (nSPS) is 12.7. The topological polar surface area (TPSA) is 154 Å². The van der Waals surface area contributed by atoms with E-state index in [2.05, 4.69) is 10.2 Å². The highest BCUT2D eigenvalue weighted by molar-refractivity contribution is 7.86. The van der Waals surface area contributed by atoms with Crippen LogP contribution in [0.3, 0.4) is 0 Å². The average Bonchev–Trinajstić information content (AvgIpc) is 2.65. The fraction of sp³-hybridized carbons (Fsp3) is 0.158. The third-order valence-electron chi connectivity index (χ3n) is 4.53. The van der Waals surface area contributed by atoms with Crippen LogP contribution in [0.25, 0.3) is 10.8 Å². The lowest BCUT2D eigenvalue weighted by Crippen LogP contribution is -2.02. The summed E-state index contributed by atoms with van der Waals surface area (Å²) < 4.78 is 64.3. The highest BCUT2D eigenvalue weighted by Crippen LogP contribution is 2.38. The molecule has 0 aliphatic heterocycles. The smallest absolute Gasteiger partial charge is 0.294 e. The number of nitrogens with zero attached hydrogens (tertiary/aromatic N) is 2. The molecule has 3 aromatic carbocycles. The van der Waals surface area contributed by atoms with Gasteiger partial charge in [0.05, 0.1) is 15.5 Å². The second kappa shape index (κ2) is 7.76. The third-order valence-corrected chi connectivity index (χ3v) is 6.38. The summed E-state index contributed by atoms with van der Waals surface area (Å²) in [6, 6.07) is 9.38. The summed E-state index contributed by atoms with van der Waals surface area (Å²) in [6.07, 6.45) is 0.413. The van der Waals surface area contributed by atoms with Gasteiger partial charge in [-0.3, -0.25) is 9.11 Å². The molecule has 0 aliphatic carbocycles. The molecule has 0 radical (unpaired) electrons. The predicted molar refractivity (Wildman–Crippen MR) is 110 cm³/mol. The zero-order chi connectivity index (χ0) is 22.3. The van der Waals surface area contributed by atoms with Crippen LogP contribution >= 0.6 is 0 Å². The van der Waals surface area contributed by atoms with Crippen LogP contribution in [0.1, 0.15) is 18.1 Å². The summed E-state index contributed by atoms with van der Waals surface area (Å²) in [6.45, 7) is 3.29. The number of aryl methyl sites for hydroxylation is 2. The number of azo groups is 1. The van der Waals surface area contributed by atoms with Crippen LogP contribution in [-0.4, -0.2) is 31.0 Å². The van der Waals surface area contributed by atoms with Gasteiger partial charge in [0.2, 0.25) is 0 Å². The van der Waals surface area contributed by atoms with E-state index in [9.17, 15) is 31.0 Å². The van der Waals surface area contributed by atoms with Crippen molar-refractivity contribution in [3.8, 4) is 5.75 Å². The first kappa shape index (κ1) is 21.8. The number of phenols is 1. The second-order valence-corrected chi connectivity index (χ2v) is 9.38.